The minimum Gasteiger partial charge on any atom is -0.492 e. The van der Waals surface area contributed by atoms with Crippen molar-refractivity contribution >= 4 is 11.6 Å². The summed E-state index contributed by atoms with van der Waals surface area (Å²) in [6.45, 7) is 6.14. The van der Waals surface area contributed by atoms with Crippen LogP contribution in [0.5, 0.6) is 5.75 Å². The number of carbonyl (C=O) groups excluding carboxylic acids is 1. The van der Waals surface area contributed by atoms with Gasteiger partial charge in [0.25, 0.3) is 0 Å². The predicted molar refractivity (Wildman–Crippen MR) is 80.1 cm³/mol. The number of para-hydroxylation sites is 2. The summed E-state index contributed by atoms with van der Waals surface area (Å²) in [5, 5.41) is 11.8. The average Bonchev–Trinajstić information content (AvgIpc) is 2.42. The maximum absolute atomic E-state index is 12.0. The van der Waals surface area contributed by atoms with Gasteiger partial charge in [0.05, 0.1) is 25.4 Å². The first-order valence-electron chi connectivity index (χ1n) is 7.06. The normalized spacial score (nSPS) is 10.6. The van der Waals surface area contributed by atoms with Crippen LogP contribution in [-0.4, -0.2) is 48.8 Å². The molecule has 1 aromatic rings. The first-order chi connectivity index (χ1) is 9.71. The van der Waals surface area contributed by atoms with Gasteiger partial charge in [-0.05, 0) is 32.0 Å². The van der Waals surface area contributed by atoms with E-state index >= 15 is 0 Å². The Bertz CT molecular complexity index is 404. The Morgan fingerprint density at radius 3 is 2.70 bits per heavy atom. The van der Waals surface area contributed by atoms with Gasteiger partial charge in [-0.3, -0.25) is 9.69 Å². The number of aliphatic hydroxyl groups excluding tert-OH is 1. The lowest BCUT2D eigenvalue weighted by Gasteiger charge is -2.20. The average molecular weight is 280 g/mol. The number of amides is 1. The summed E-state index contributed by atoms with van der Waals surface area (Å²) < 4.78 is 5.47. The monoisotopic (exact) mass is 280 g/mol. The maximum atomic E-state index is 12.0. The van der Waals surface area contributed by atoms with Crippen molar-refractivity contribution < 1.29 is 14.6 Å². The first kappa shape index (κ1) is 16.5. The van der Waals surface area contributed by atoms with E-state index in [2.05, 4.69) is 5.32 Å². The molecular weight excluding hydrogens is 256 g/mol. The molecule has 0 fully saturated rings. The number of anilines is 1. The zero-order valence-electron chi connectivity index (χ0n) is 12.3. The highest BCUT2D eigenvalue weighted by atomic mass is 16.5. The second-order valence-corrected chi connectivity index (χ2v) is 4.48. The number of benzene rings is 1. The third kappa shape index (κ3) is 5.59. The Morgan fingerprint density at radius 2 is 2.05 bits per heavy atom. The third-order valence-corrected chi connectivity index (χ3v) is 2.78. The van der Waals surface area contributed by atoms with Crippen molar-refractivity contribution in [2.45, 2.75) is 20.3 Å². The molecule has 0 radical (unpaired) electrons. The summed E-state index contributed by atoms with van der Waals surface area (Å²) in [5.41, 5.74) is 0.680. The van der Waals surface area contributed by atoms with Crippen molar-refractivity contribution in [3.8, 4) is 5.75 Å². The molecule has 5 nitrogen and oxygen atoms in total. The summed E-state index contributed by atoms with van der Waals surface area (Å²) in [5.74, 6) is 0.576. The van der Waals surface area contributed by atoms with Crippen molar-refractivity contribution in [1.82, 2.24) is 4.90 Å². The molecule has 1 aromatic carbocycles. The smallest absolute Gasteiger partial charge is 0.238 e. The van der Waals surface area contributed by atoms with Gasteiger partial charge in [0.15, 0.2) is 0 Å². The van der Waals surface area contributed by atoms with Gasteiger partial charge >= 0.3 is 0 Å². The van der Waals surface area contributed by atoms with E-state index in [1.807, 2.05) is 43.0 Å². The molecule has 0 unspecified atom stereocenters. The van der Waals surface area contributed by atoms with Crippen molar-refractivity contribution in [2.24, 2.45) is 0 Å². The number of nitrogens with one attached hydrogen (secondary N) is 1. The molecule has 1 amide bonds. The minimum atomic E-state index is -0.0981. The molecule has 1 rings (SSSR count). The molecule has 0 bridgehead atoms. The van der Waals surface area contributed by atoms with Crippen molar-refractivity contribution in [2.75, 3.05) is 38.2 Å². The molecule has 0 spiro atoms. The van der Waals surface area contributed by atoms with Crippen LogP contribution in [0.3, 0.4) is 0 Å². The van der Waals surface area contributed by atoms with Crippen molar-refractivity contribution in [3.05, 3.63) is 24.3 Å². The topological polar surface area (TPSA) is 61.8 Å². The maximum Gasteiger partial charge on any atom is 0.238 e. The molecule has 0 saturated carbocycles. The summed E-state index contributed by atoms with van der Waals surface area (Å²) in [4.78, 5) is 14.0. The molecule has 20 heavy (non-hydrogen) atoms. The van der Waals surface area contributed by atoms with Gasteiger partial charge in [0.2, 0.25) is 5.91 Å². The Balaban J connectivity index is 2.60. The number of ether oxygens (including phenoxy) is 1. The van der Waals surface area contributed by atoms with Gasteiger partial charge in [-0.2, -0.15) is 0 Å². The molecule has 112 valence electrons. The fourth-order valence-electron chi connectivity index (χ4n) is 1.97. The van der Waals surface area contributed by atoms with E-state index in [9.17, 15) is 4.79 Å². The summed E-state index contributed by atoms with van der Waals surface area (Å²) in [6.07, 6.45) is 0.947. The fourth-order valence-corrected chi connectivity index (χ4v) is 1.97. The number of rotatable bonds is 9. The van der Waals surface area contributed by atoms with E-state index in [0.717, 1.165) is 13.0 Å². The van der Waals surface area contributed by atoms with Crippen LogP contribution < -0.4 is 10.1 Å². The summed E-state index contributed by atoms with van der Waals surface area (Å²) >= 11 is 0. The highest BCUT2D eigenvalue weighted by molar-refractivity contribution is 5.93. The predicted octanol–water partition coefficient (Wildman–Crippen LogP) is 1.73. The highest BCUT2D eigenvalue weighted by Gasteiger charge is 2.11. The molecule has 0 aliphatic rings. The van der Waals surface area contributed by atoms with E-state index in [1.165, 1.54) is 0 Å². The molecule has 0 heterocycles. The standard InChI is InChI=1S/C15H24N2O3/c1-3-9-17(10-11-18)12-15(19)16-13-7-5-6-8-14(13)20-4-2/h5-8,18H,3-4,9-12H2,1-2H3,(H,16,19). The lowest BCUT2D eigenvalue weighted by molar-refractivity contribution is -0.117. The zero-order chi connectivity index (χ0) is 14.8. The van der Waals surface area contributed by atoms with Gasteiger partial charge < -0.3 is 15.2 Å². The summed E-state index contributed by atoms with van der Waals surface area (Å²) in [7, 11) is 0. The second-order valence-electron chi connectivity index (χ2n) is 4.48. The zero-order valence-corrected chi connectivity index (χ0v) is 12.3. The Hall–Kier alpha value is -1.59. The van der Waals surface area contributed by atoms with Gasteiger partial charge in [-0.15, -0.1) is 0 Å². The van der Waals surface area contributed by atoms with E-state index in [1.54, 1.807) is 0 Å². The fraction of sp³-hybridized carbons (Fsp3) is 0.533. The Kier molecular flexibility index (Phi) is 7.69. The molecule has 0 atom stereocenters. The van der Waals surface area contributed by atoms with Crippen LogP contribution in [0.1, 0.15) is 20.3 Å². The second kappa shape index (κ2) is 9.34. The van der Waals surface area contributed by atoms with E-state index in [4.69, 9.17) is 9.84 Å². The van der Waals surface area contributed by atoms with Crippen LogP contribution in [0.15, 0.2) is 24.3 Å². The Morgan fingerprint density at radius 1 is 1.30 bits per heavy atom. The molecule has 0 aliphatic heterocycles. The van der Waals surface area contributed by atoms with Crippen LogP contribution in [0.25, 0.3) is 0 Å². The number of hydrogen-bond acceptors (Lipinski definition) is 4. The number of hydrogen-bond donors (Lipinski definition) is 2. The van der Waals surface area contributed by atoms with Gasteiger partial charge in [0, 0.05) is 6.54 Å². The van der Waals surface area contributed by atoms with Crippen molar-refractivity contribution in [3.63, 3.8) is 0 Å². The van der Waals surface area contributed by atoms with Crippen LogP contribution in [0.4, 0.5) is 5.69 Å². The van der Waals surface area contributed by atoms with Crippen LogP contribution >= 0.6 is 0 Å². The molecule has 0 saturated heterocycles. The first-order valence-corrected chi connectivity index (χ1v) is 7.06. The third-order valence-electron chi connectivity index (χ3n) is 2.78. The SMILES string of the molecule is CCCN(CCO)CC(=O)Nc1ccccc1OCC. The quantitative estimate of drug-likeness (QED) is 0.723. The molecule has 0 aromatic heterocycles. The molecule has 2 N–H and O–H groups in total. The van der Waals surface area contributed by atoms with Crippen LogP contribution in [0, 0.1) is 0 Å². The number of carbonyl (C=O) groups is 1. The molecular formula is C15H24N2O3. The van der Waals surface area contributed by atoms with Gasteiger partial charge in [-0.1, -0.05) is 19.1 Å². The largest absolute Gasteiger partial charge is 0.492 e. The Labute approximate surface area is 120 Å². The van der Waals surface area contributed by atoms with E-state index < -0.39 is 0 Å². The molecule has 0 aliphatic carbocycles. The minimum absolute atomic E-state index is 0.0583. The lowest BCUT2D eigenvalue weighted by atomic mass is 10.3. The van der Waals surface area contributed by atoms with E-state index in [-0.39, 0.29) is 19.1 Å². The summed E-state index contributed by atoms with van der Waals surface area (Å²) in [6, 6.07) is 7.38. The highest BCUT2D eigenvalue weighted by Crippen LogP contribution is 2.23. The number of nitrogens with zero attached hydrogens (tertiary/aromatic N) is 1. The van der Waals surface area contributed by atoms with Crippen LogP contribution in [0.2, 0.25) is 0 Å². The van der Waals surface area contributed by atoms with Gasteiger partial charge in [0.1, 0.15) is 5.75 Å². The van der Waals surface area contributed by atoms with Gasteiger partial charge in [-0.25, -0.2) is 0 Å². The number of aliphatic hydroxyl groups is 1. The molecule has 5 heteroatoms. The van der Waals surface area contributed by atoms with Crippen LogP contribution in [-0.2, 0) is 4.79 Å². The van der Waals surface area contributed by atoms with E-state index in [0.29, 0.717) is 24.6 Å². The lowest BCUT2D eigenvalue weighted by Crippen LogP contribution is -2.35. The van der Waals surface area contributed by atoms with Crippen molar-refractivity contribution in [1.29, 1.82) is 0 Å².